The van der Waals surface area contributed by atoms with Crippen molar-refractivity contribution in [2.45, 2.75) is 19.4 Å². The number of halogens is 1. The van der Waals surface area contributed by atoms with Crippen molar-refractivity contribution in [2.75, 3.05) is 5.32 Å². The van der Waals surface area contributed by atoms with Crippen LogP contribution in [0.4, 0.5) is 5.69 Å². The number of benzene rings is 2. The minimum atomic E-state index is -0.453. The number of rotatable bonds is 3. The van der Waals surface area contributed by atoms with E-state index in [0.717, 1.165) is 20.9 Å². The zero-order valence-electron chi connectivity index (χ0n) is 10.1. The second-order valence-electron chi connectivity index (χ2n) is 4.21. The standard InChI is InChI=1S/C14H15BrN2O/c1-2-13(16)14(18)17-12-6-4-9-7-11(15)5-3-10(9)8-12/h3-8,13H,2,16H2,1H3,(H,17,18)/t13-/m0/s1. The molecule has 0 aromatic heterocycles. The summed E-state index contributed by atoms with van der Waals surface area (Å²) in [5.74, 6) is -0.144. The Morgan fingerprint density at radius 3 is 2.67 bits per heavy atom. The summed E-state index contributed by atoms with van der Waals surface area (Å²) in [6.45, 7) is 1.89. The van der Waals surface area contributed by atoms with Crippen molar-refractivity contribution in [3.63, 3.8) is 0 Å². The maximum absolute atomic E-state index is 11.7. The van der Waals surface area contributed by atoms with Gasteiger partial charge in [0, 0.05) is 10.2 Å². The van der Waals surface area contributed by atoms with Gasteiger partial charge in [0.05, 0.1) is 6.04 Å². The van der Waals surface area contributed by atoms with Gasteiger partial charge in [0.1, 0.15) is 0 Å². The Hall–Kier alpha value is -1.39. The average molecular weight is 307 g/mol. The van der Waals surface area contributed by atoms with Gasteiger partial charge in [-0.1, -0.05) is 35.0 Å². The molecule has 3 N–H and O–H groups in total. The molecule has 2 aromatic rings. The molecule has 0 saturated carbocycles. The number of nitrogens with one attached hydrogen (secondary N) is 1. The van der Waals surface area contributed by atoms with E-state index in [9.17, 15) is 4.79 Å². The lowest BCUT2D eigenvalue weighted by Crippen LogP contribution is -2.34. The summed E-state index contributed by atoms with van der Waals surface area (Å²) in [6.07, 6.45) is 0.631. The monoisotopic (exact) mass is 306 g/mol. The van der Waals surface area contributed by atoms with Gasteiger partial charge in [-0.25, -0.2) is 0 Å². The van der Waals surface area contributed by atoms with Gasteiger partial charge in [0.15, 0.2) is 0 Å². The van der Waals surface area contributed by atoms with Gasteiger partial charge >= 0.3 is 0 Å². The van der Waals surface area contributed by atoms with Crippen LogP contribution < -0.4 is 11.1 Å². The van der Waals surface area contributed by atoms with Gasteiger partial charge in [0.25, 0.3) is 0 Å². The Bertz CT molecular complexity index is 583. The first kappa shape index (κ1) is 13.1. The Balaban J connectivity index is 2.25. The van der Waals surface area contributed by atoms with Crippen LogP contribution in [0.3, 0.4) is 0 Å². The molecule has 0 bridgehead atoms. The van der Waals surface area contributed by atoms with E-state index in [0.29, 0.717) is 6.42 Å². The Morgan fingerprint density at radius 1 is 1.28 bits per heavy atom. The molecule has 1 amide bonds. The summed E-state index contributed by atoms with van der Waals surface area (Å²) >= 11 is 3.43. The average Bonchev–Trinajstić information content (AvgIpc) is 2.38. The molecule has 0 aliphatic heterocycles. The minimum Gasteiger partial charge on any atom is -0.325 e. The quantitative estimate of drug-likeness (QED) is 0.914. The third kappa shape index (κ3) is 2.89. The fourth-order valence-corrected chi connectivity index (χ4v) is 2.09. The molecule has 3 nitrogen and oxygen atoms in total. The lowest BCUT2D eigenvalue weighted by molar-refractivity contribution is -0.117. The lowest BCUT2D eigenvalue weighted by Gasteiger charge is -2.10. The molecular formula is C14H15BrN2O. The summed E-state index contributed by atoms with van der Waals surface area (Å²) in [7, 11) is 0. The fourth-order valence-electron chi connectivity index (χ4n) is 1.71. The van der Waals surface area contributed by atoms with Crippen LogP contribution in [-0.4, -0.2) is 11.9 Å². The Labute approximate surface area is 114 Å². The van der Waals surface area contributed by atoms with E-state index in [1.807, 2.05) is 43.3 Å². The number of hydrogen-bond acceptors (Lipinski definition) is 2. The molecule has 2 rings (SSSR count). The summed E-state index contributed by atoms with van der Waals surface area (Å²) < 4.78 is 1.04. The van der Waals surface area contributed by atoms with Crippen LogP contribution in [0.1, 0.15) is 13.3 Å². The van der Waals surface area contributed by atoms with Gasteiger partial charge in [-0.2, -0.15) is 0 Å². The van der Waals surface area contributed by atoms with Crippen LogP contribution >= 0.6 is 15.9 Å². The number of carbonyl (C=O) groups excluding carboxylic acids is 1. The van der Waals surface area contributed by atoms with Crippen LogP contribution in [0.2, 0.25) is 0 Å². The smallest absolute Gasteiger partial charge is 0.241 e. The Morgan fingerprint density at radius 2 is 1.94 bits per heavy atom. The van der Waals surface area contributed by atoms with E-state index < -0.39 is 6.04 Å². The van der Waals surface area contributed by atoms with E-state index in [-0.39, 0.29) is 5.91 Å². The first-order valence-corrected chi connectivity index (χ1v) is 6.65. The number of fused-ring (bicyclic) bond motifs is 1. The number of amides is 1. The molecule has 0 aliphatic rings. The van der Waals surface area contributed by atoms with Gasteiger partial charge in [0.2, 0.25) is 5.91 Å². The van der Waals surface area contributed by atoms with Gasteiger partial charge in [-0.05, 0) is 41.5 Å². The van der Waals surface area contributed by atoms with E-state index in [1.54, 1.807) is 0 Å². The first-order chi connectivity index (χ1) is 8.60. The maximum Gasteiger partial charge on any atom is 0.241 e. The van der Waals surface area contributed by atoms with Crippen molar-refractivity contribution >= 4 is 38.3 Å². The number of anilines is 1. The van der Waals surface area contributed by atoms with Crippen LogP contribution in [0.5, 0.6) is 0 Å². The molecule has 0 spiro atoms. The molecule has 0 unspecified atom stereocenters. The van der Waals surface area contributed by atoms with Crippen molar-refractivity contribution < 1.29 is 4.79 Å². The molecule has 0 saturated heterocycles. The molecule has 0 heterocycles. The van der Waals surface area contributed by atoms with Gasteiger partial charge < -0.3 is 11.1 Å². The molecule has 94 valence electrons. The molecule has 2 aromatic carbocycles. The van der Waals surface area contributed by atoms with Crippen molar-refractivity contribution in [2.24, 2.45) is 5.73 Å². The predicted molar refractivity (Wildman–Crippen MR) is 78.5 cm³/mol. The molecule has 1 atom stereocenters. The van der Waals surface area contributed by atoms with Gasteiger partial charge in [-0.15, -0.1) is 0 Å². The molecule has 0 radical (unpaired) electrons. The van der Waals surface area contributed by atoms with Crippen molar-refractivity contribution in [1.82, 2.24) is 0 Å². The fraction of sp³-hybridized carbons (Fsp3) is 0.214. The van der Waals surface area contributed by atoms with Gasteiger partial charge in [-0.3, -0.25) is 4.79 Å². The van der Waals surface area contributed by atoms with E-state index in [4.69, 9.17) is 5.73 Å². The largest absolute Gasteiger partial charge is 0.325 e. The zero-order valence-corrected chi connectivity index (χ0v) is 11.7. The van der Waals surface area contributed by atoms with Crippen molar-refractivity contribution in [3.8, 4) is 0 Å². The second-order valence-corrected chi connectivity index (χ2v) is 5.13. The number of nitrogens with two attached hydrogens (primary N) is 1. The van der Waals surface area contributed by atoms with Crippen molar-refractivity contribution in [1.29, 1.82) is 0 Å². The highest BCUT2D eigenvalue weighted by Crippen LogP contribution is 2.23. The maximum atomic E-state index is 11.7. The lowest BCUT2D eigenvalue weighted by atomic mass is 10.1. The molecule has 4 heteroatoms. The SMILES string of the molecule is CC[C@H](N)C(=O)Nc1ccc2cc(Br)ccc2c1. The summed E-state index contributed by atoms with van der Waals surface area (Å²) in [4.78, 5) is 11.7. The third-order valence-corrected chi connectivity index (χ3v) is 3.34. The highest BCUT2D eigenvalue weighted by molar-refractivity contribution is 9.10. The van der Waals surface area contributed by atoms with E-state index in [1.165, 1.54) is 0 Å². The normalized spacial score (nSPS) is 12.4. The molecule has 18 heavy (non-hydrogen) atoms. The highest BCUT2D eigenvalue weighted by Gasteiger charge is 2.10. The van der Waals surface area contributed by atoms with Crippen LogP contribution in [0.25, 0.3) is 10.8 Å². The third-order valence-electron chi connectivity index (χ3n) is 2.85. The number of carbonyl (C=O) groups is 1. The topological polar surface area (TPSA) is 55.1 Å². The molecular weight excluding hydrogens is 292 g/mol. The highest BCUT2D eigenvalue weighted by atomic mass is 79.9. The van der Waals surface area contributed by atoms with Crippen molar-refractivity contribution in [3.05, 3.63) is 40.9 Å². The van der Waals surface area contributed by atoms with Crippen LogP contribution in [-0.2, 0) is 4.79 Å². The van der Waals surface area contributed by atoms with E-state index in [2.05, 4.69) is 21.2 Å². The van der Waals surface area contributed by atoms with E-state index >= 15 is 0 Å². The summed E-state index contributed by atoms with van der Waals surface area (Å²) in [5, 5.41) is 5.04. The molecule has 0 fully saturated rings. The second kappa shape index (κ2) is 5.50. The minimum absolute atomic E-state index is 0.144. The molecule has 0 aliphatic carbocycles. The predicted octanol–water partition coefficient (Wildman–Crippen LogP) is 3.28. The Kier molecular flexibility index (Phi) is 3.99. The first-order valence-electron chi connectivity index (χ1n) is 5.86. The summed E-state index contributed by atoms with van der Waals surface area (Å²) in [5.41, 5.74) is 6.46. The number of hydrogen-bond donors (Lipinski definition) is 2. The zero-order chi connectivity index (χ0) is 13.1. The summed E-state index contributed by atoms with van der Waals surface area (Å²) in [6, 6.07) is 11.4. The van der Waals surface area contributed by atoms with Crippen LogP contribution in [0.15, 0.2) is 40.9 Å². The van der Waals surface area contributed by atoms with Crippen LogP contribution in [0, 0.1) is 0 Å².